The smallest absolute Gasteiger partial charge is 0.264 e. The van der Waals surface area contributed by atoms with Crippen LogP contribution in [0.2, 0.25) is 10.0 Å². The molecule has 0 fully saturated rings. The molecule has 7 nitrogen and oxygen atoms in total. The summed E-state index contributed by atoms with van der Waals surface area (Å²) in [5, 5.41) is 8.61. The number of nitrogens with zero attached hydrogens (tertiary/aromatic N) is 2. The molecule has 1 aromatic carbocycles. The molecule has 20 heavy (non-hydrogen) atoms. The molecule has 2 aromatic rings. The topological polar surface area (TPSA) is 108 Å². The quantitative estimate of drug-likeness (QED) is 0.912. The second kappa shape index (κ2) is 5.57. The van der Waals surface area contributed by atoms with Crippen LogP contribution < -0.4 is 9.88 Å². The Labute approximate surface area is 124 Å². The molecule has 0 saturated carbocycles. The van der Waals surface area contributed by atoms with Crippen molar-refractivity contribution in [3.05, 3.63) is 33.9 Å². The van der Waals surface area contributed by atoms with Gasteiger partial charge in [0, 0.05) is 0 Å². The number of ether oxygens (including phenoxy) is 1. The maximum absolute atomic E-state index is 11.2. The highest BCUT2D eigenvalue weighted by molar-refractivity contribution is 7.89. The molecule has 0 aliphatic heterocycles. The second-order valence-electron chi connectivity index (χ2n) is 3.79. The minimum atomic E-state index is -3.89. The van der Waals surface area contributed by atoms with Gasteiger partial charge in [0.1, 0.15) is 0 Å². The minimum Gasteiger partial charge on any atom is -0.481 e. The van der Waals surface area contributed by atoms with Crippen LogP contribution in [0.15, 0.2) is 21.6 Å². The van der Waals surface area contributed by atoms with Crippen molar-refractivity contribution < 1.29 is 17.7 Å². The van der Waals surface area contributed by atoms with Crippen molar-refractivity contribution in [3.8, 4) is 5.75 Å². The zero-order valence-corrected chi connectivity index (χ0v) is 12.5. The highest BCUT2D eigenvalue weighted by Crippen LogP contribution is 2.35. The molecule has 1 heterocycles. The van der Waals surface area contributed by atoms with Gasteiger partial charge in [-0.1, -0.05) is 28.4 Å². The molecular formula is C10H9Cl2N3O4S. The van der Waals surface area contributed by atoms with Gasteiger partial charge < -0.3 is 9.26 Å². The van der Waals surface area contributed by atoms with Crippen molar-refractivity contribution >= 4 is 33.2 Å². The molecule has 0 saturated heterocycles. The van der Waals surface area contributed by atoms with Crippen LogP contribution in [0.1, 0.15) is 11.7 Å². The summed E-state index contributed by atoms with van der Waals surface area (Å²) < 4.78 is 32.6. The first-order valence-electron chi connectivity index (χ1n) is 5.21. The number of primary sulfonamides is 1. The van der Waals surface area contributed by atoms with Crippen LogP contribution in [0.25, 0.3) is 0 Å². The normalized spacial score (nSPS) is 11.6. The van der Waals surface area contributed by atoms with Crippen molar-refractivity contribution in [1.82, 2.24) is 10.1 Å². The fraction of sp³-hybridized carbons (Fsp3) is 0.200. The van der Waals surface area contributed by atoms with Gasteiger partial charge in [0.05, 0.1) is 14.9 Å². The molecule has 0 aliphatic rings. The lowest BCUT2D eigenvalue weighted by Gasteiger charge is -2.09. The van der Waals surface area contributed by atoms with E-state index in [2.05, 4.69) is 10.1 Å². The van der Waals surface area contributed by atoms with Crippen LogP contribution in [0.4, 0.5) is 0 Å². The van der Waals surface area contributed by atoms with E-state index in [9.17, 15) is 8.42 Å². The van der Waals surface area contributed by atoms with Crippen LogP contribution in [-0.2, 0) is 16.6 Å². The number of aromatic nitrogens is 2. The Hall–Kier alpha value is -1.35. The lowest BCUT2D eigenvalue weighted by Crippen LogP contribution is -2.12. The van der Waals surface area contributed by atoms with Gasteiger partial charge >= 0.3 is 0 Å². The van der Waals surface area contributed by atoms with E-state index in [0.717, 1.165) is 12.1 Å². The Kier molecular flexibility index (Phi) is 4.19. The van der Waals surface area contributed by atoms with E-state index >= 15 is 0 Å². The highest BCUT2D eigenvalue weighted by Gasteiger charge is 2.16. The summed E-state index contributed by atoms with van der Waals surface area (Å²) in [5.74, 6) is 0.812. The molecule has 0 aliphatic carbocycles. The maximum atomic E-state index is 11.2. The first-order valence-corrected chi connectivity index (χ1v) is 7.51. The first kappa shape index (κ1) is 15.0. The Bertz CT molecular complexity index is 722. The lowest BCUT2D eigenvalue weighted by molar-refractivity contribution is 0.242. The van der Waals surface area contributed by atoms with Gasteiger partial charge in [-0.2, -0.15) is 4.98 Å². The molecule has 0 amide bonds. The van der Waals surface area contributed by atoms with Gasteiger partial charge in [-0.3, -0.25) is 0 Å². The molecule has 0 spiro atoms. The summed E-state index contributed by atoms with van der Waals surface area (Å²) in [6.07, 6.45) is 0. The third-order valence-electron chi connectivity index (χ3n) is 2.21. The summed E-state index contributed by atoms with van der Waals surface area (Å²) in [4.78, 5) is 3.74. The standard InChI is InChI=1S/C10H9Cl2N3O4S/c1-5-14-9(19-15-5)4-18-10-7(11)2-6(3-8(10)12)20(13,16)17/h2-3H,4H2,1H3,(H2,13,16,17). The average molecular weight is 338 g/mol. The number of nitrogens with two attached hydrogens (primary N) is 1. The molecule has 0 radical (unpaired) electrons. The van der Waals surface area contributed by atoms with Crippen molar-refractivity contribution in [2.24, 2.45) is 5.14 Å². The fourth-order valence-electron chi connectivity index (χ4n) is 1.37. The van der Waals surface area contributed by atoms with Gasteiger partial charge in [-0.25, -0.2) is 13.6 Å². The molecule has 2 N–H and O–H groups in total. The summed E-state index contributed by atoms with van der Waals surface area (Å²) >= 11 is 11.8. The Morgan fingerprint density at radius 3 is 2.40 bits per heavy atom. The molecule has 10 heteroatoms. The van der Waals surface area contributed by atoms with E-state index in [-0.39, 0.29) is 33.2 Å². The van der Waals surface area contributed by atoms with E-state index < -0.39 is 10.0 Å². The van der Waals surface area contributed by atoms with E-state index in [1.54, 1.807) is 6.92 Å². The van der Waals surface area contributed by atoms with Crippen molar-refractivity contribution in [2.75, 3.05) is 0 Å². The number of sulfonamides is 1. The molecule has 108 valence electrons. The number of aryl methyl sites for hydroxylation is 1. The third kappa shape index (κ3) is 3.40. The molecular weight excluding hydrogens is 329 g/mol. The lowest BCUT2D eigenvalue weighted by atomic mass is 10.3. The fourth-order valence-corrected chi connectivity index (χ4v) is 2.66. The summed E-state index contributed by atoms with van der Waals surface area (Å²) in [6.45, 7) is 1.61. The van der Waals surface area contributed by atoms with E-state index in [0.29, 0.717) is 5.82 Å². The summed E-state index contributed by atoms with van der Waals surface area (Å²) in [5.41, 5.74) is 0. The summed E-state index contributed by atoms with van der Waals surface area (Å²) in [7, 11) is -3.89. The number of hydrogen-bond acceptors (Lipinski definition) is 6. The number of benzene rings is 1. The van der Waals surface area contributed by atoms with Crippen molar-refractivity contribution in [3.63, 3.8) is 0 Å². The minimum absolute atomic E-state index is 0.0118. The number of hydrogen-bond donors (Lipinski definition) is 1. The van der Waals surface area contributed by atoms with E-state index in [1.165, 1.54) is 0 Å². The van der Waals surface area contributed by atoms with Crippen LogP contribution >= 0.6 is 23.2 Å². The van der Waals surface area contributed by atoms with Gasteiger partial charge in [0.2, 0.25) is 10.0 Å². The highest BCUT2D eigenvalue weighted by atomic mass is 35.5. The Morgan fingerprint density at radius 1 is 1.35 bits per heavy atom. The van der Waals surface area contributed by atoms with Gasteiger partial charge in [-0.15, -0.1) is 0 Å². The number of rotatable bonds is 4. The molecule has 1 aromatic heterocycles. The van der Waals surface area contributed by atoms with Gasteiger partial charge in [-0.05, 0) is 19.1 Å². The Morgan fingerprint density at radius 2 is 1.95 bits per heavy atom. The van der Waals surface area contributed by atoms with Crippen LogP contribution in [0.5, 0.6) is 5.75 Å². The molecule has 0 atom stereocenters. The molecule has 0 unspecified atom stereocenters. The predicted octanol–water partition coefficient (Wildman–Crippen LogP) is 1.91. The SMILES string of the molecule is Cc1noc(COc2c(Cl)cc(S(N)(=O)=O)cc2Cl)n1. The zero-order valence-electron chi connectivity index (χ0n) is 10.1. The Balaban J connectivity index is 2.25. The maximum Gasteiger partial charge on any atom is 0.264 e. The van der Waals surface area contributed by atoms with Crippen molar-refractivity contribution in [1.29, 1.82) is 0 Å². The number of halogens is 2. The molecule has 2 rings (SSSR count). The predicted molar refractivity (Wildman–Crippen MR) is 71.2 cm³/mol. The monoisotopic (exact) mass is 337 g/mol. The first-order chi connectivity index (χ1) is 9.27. The molecule has 0 bridgehead atoms. The third-order valence-corrected chi connectivity index (χ3v) is 3.66. The summed E-state index contributed by atoms with van der Waals surface area (Å²) in [6, 6.07) is 2.30. The van der Waals surface area contributed by atoms with Crippen molar-refractivity contribution in [2.45, 2.75) is 18.4 Å². The largest absolute Gasteiger partial charge is 0.481 e. The van der Waals surface area contributed by atoms with Gasteiger partial charge in [0.15, 0.2) is 18.2 Å². The van der Waals surface area contributed by atoms with Crippen LogP contribution in [0, 0.1) is 6.92 Å². The van der Waals surface area contributed by atoms with E-state index in [4.69, 9.17) is 37.6 Å². The van der Waals surface area contributed by atoms with Crippen LogP contribution in [0.3, 0.4) is 0 Å². The van der Waals surface area contributed by atoms with E-state index in [1.807, 2.05) is 0 Å². The second-order valence-corrected chi connectivity index (χ2v) is 6.16. The zero-order chi connectivity index (χ0) is 14.9. The van der Waals surface area contributed by atoms with Crippen LogP contribution in [-0.4, -0.2) is 18.6 Å². The average Bonchev–Trinajstić information content (AvgIpc) is 2.72. The van der Waals surface area contributed by atoms with Gasteiger partial charge in [0.25, 0.3) is 5.89 Å².